The molecular formula is C11H10F3N5O3. The lowest BCUT2D eigenvalue weighted by Gasteiger charge is -2.36. The Labute approximate surface area is 120 Å². The van der Waals surface area contributed by atoms with E-state index in [-0.39, 0.29) is 24.2 Å². The van der Waals surface area contributed by atoms with Gasteiger partial charge in [0.15, 0.2) is 11.3 Å². The zero-order valence-corrected chi connectivity index (χ0v) is 11.2. The molecule has 0 N–H and O–H groups in total. The predicted molar refractivity (Wildman–Crippen MR) is 64.0 cm³/mol. The molecule has 11 heteroatoms. The van der Waals surface area contributed by atoms with E-state index in [1.165, 1.54) is 7.05 Å². The smallest absolute Gasteiger partial charge is 0.395 e. The van der Waals surface area contributed by atoms with Crippen LogP contribution >= 0.6 is 0 Å². The molecule has 1 aliphatic carbocycles. The average molecular weight is 317 g/mol. The molecule has 2 unspecified atom stereocenters. The van der Waals surface area contributed by atoms with E-state index in [1.807, 2.05) is 0 Å². The first-order valence-electron chi connectivity index (χ1n) is 6.34. The molecule has 2 aromatic rings. The Bertz CT molecular complexity index is 796. The van der Waals surface area contributed by atoms with Crippen molar-refractivity contribution >= 4 is 11.6 Å². The standard InChI is InChI=1S/C11H10F3N5O3/c1-18-10(21)19-4-15-7(8(19)16-17-18)9(20)22-6-3-2-5(6)11(12,13)14/h4-6H,2-3H2,1H3. The number of ether oxygens (including phenoxy) is 1. The minimum atomic E-state index is -4.41. The molecule has 1 aliphatic rings. The number of rotatable bonds is 2. The van der Waals surface area contributed by atoms with Gasteiger partial charge in [0.2, 0.25) is 0 Å². The highest BCUT2D eigenvalue weighted by Gasteiger charge is 2.52. The molecule has 0 spiro atoms. The number of hydrogen-bond donors (Lipinski definition) is 0. The molecule has 0 amide bonds. The van der Waals surface area contributed by atoms with Crippen molar-refractivity contribution in [2.75, 3.05) is 0 Å². The fourth-order valence-corrected chi connectivity index (χ4v) is 2.20. The second-order valence-electron chi connectivity index (χ2n) is 4.95. The molecule has 1 saturated carbocycles. The Balaban J connectivity index is 1.85. The number of halogens is 3. The summed E-state index contributed by atoms with van der Waals surface area (Å²) in [4.78, 5) is 27.4. The molecule has 22 heavy (non-hydrogen) atoms. The van der Waals surface area contributed by atoms with Crippen molar-refractivity contribution in [2.45, 2.75) is 25.1 Å². The van der Waals surface area contributed by atoms with E-state index in [4.69, 9.17) is 4.74 Å². The second kappa shape index (κ2) is 4.78. The van der Waals surface area contributed by atoms with Crippen molar-refractivity contribution in [1.82, 2.24) is 24.4 Å². The van der Waals surface area contributed by atoms with Crippen LogP contribution in [0.1, 0.15) is 23.3 Å². The lowest BCUT2D eigenvalue weighted by atomic mass is 9.81. The van der Waals surface area contributed by atoms with Gasteiger partial charge in [-0.15, -0.1) is 5.10 Å². The fourth-order valence-electron chi connectivity index (χ4n) is 2.20. The van der Waals surface area contributed by atoms with Gasteiger partial charge in [-0.05, 0) is 12.8 Å². The first kappa shape index (κ1) is 14.5. The minimum Gasteiger partial charge on any atom is -0.457 e. The van der Waals surface area contributed by atoms with Crippen LogP contribution in [-0.4, -0.2) is 42.6 Å². The van der Waals surface area contributed by atoms with Gasteiger partial charge in [0.25, 0.3) is 0 Å². The molecule has 2 heterocycles. The number of esters is 1. The van der Waals surface area contributed by atoms with Crippen LogP contribution in [0.3, 0.4) is 0 Å². The third kappa shape index (κ3) is 2.22. The van der Waals surface area contributed by atoms with Crippen molar-refractivity contribution in [3.8, 4) is 0 Å². The molecule has 0 saturated heterocycles. The summed E-state index contributed by atoms with van der Waals surface area (Å²) in [7, 11) is 1.36. The number of aromatic nitrogens is 5. The summed E-state index contributed by atoms with van der Waals surface area (Å²) in [5, 5.41) is 7.13. The van der Waals surface area contributed by atoms with Crippen LogP contribution in [0.2, 0.25) is 0 Å². The van der Waals surface area contributed by atoms with Crippen LogP contribution in [0.25, 0.3) is 5.65 Å². The second-order valence-corrected chi connectivity index (χ2v) is 4.95. The molecular weight excluding hydrogens is 307 g/mol. The number of carbonyl (C=O) groups excluding carboxylic acids is 1. The molecule has 8 nitrogen and oxygen atoms in total. The van der Waals surface area contributed by atoms with Crippen molar-refractivity contribution in [3.63, 3.8) is 0 Å². The normalized spacial score (nSPS) is 21.6. The van der Waals surface area contributed by atoms with E-state index in [1.54, 1.807) is 0 Å². The number of nitrogens with zero attached hydrogens (tertiary/aromatic N) is 5. The molecule has 3 rings (SSSR count). The highest BCUT2D eigenvalue weighted by Crippen LogP contribution is 2.43. The maximum absolute atomic E-state index is 12.6. The maximum Gasteiger partial charge on any atom is 0.395 e. The van der Waals surface area contributed by atoms with Crippen molar-refractivity contribution < 1.29 is 22.7 Å². The predicted octanol–water partition coefficient (Wildman–Crippen LogP) is 0.321. The molecule has 0 aliphatic heterocycles. The molecule has 2 atom stereocenters. The van der Waals surface area contributed by atoms with Crippen LogP contribution < -0.4 is 5.69 Å². The van der Waals surface area contributed by atoms with Gasteiger partial charge in [-0.3, -0.25) is 0 Å². The summed E-state index contributed by atoms with van der Waals surface area (Å²) in [5.74, 6) is -2.71. The van der Waals surface area contributed by atoms with Crippen LogP contribution in [0.4, 0.5) is 13.2 Å². The highest BCUT2D eigenvalue weighted by atomic mass is 19.4. The van der Waals surface area contributed by atoms with Crippen LogP contribution in [0, 0.1) is 5.92 Å². The van der Waals surface area contributed by atoms with Crippen LogP contribution in [0.5, 0.6) is 0 Å². The topological polar surface area (TPSA) is 91.4 Å². The van der Waals surface area contributed by atoms with Gasteiger partial charge in [-0.2, -0.15) is 17.9 Å². The summed E-state index contributed by atoms with van der Waals surface area (Å²) >= 11 is 0. The quantitative estimate of drug-likeness (QED) is 0.741. The van der Waals surface area contributed by atoms with Crippen molar-refractivity contribution in [1.29, 1.82) is 0 Å². The lowest BCUT2D eigenvalue weighted by molar-refractivity contribution is -0.227. The lowest BCUT2D eigenvalue weighted by Crippen LogP contribution is -2.45. The first-order valence-corrected chi connectivity index (χ1v) is 6.34. The third-order valence-electron chi connectivity index (χ3n) is 3.58. The van der Waals surface area contributed by atoms with E-state index >= 15 is 0 Å². The Morgan fingerprint density at radius 2 is 2.14 bits per heavy atom. The van der Waals surface area contributed by atoms with Crippen LogP contribution in [0.15, 0.2) is 11.1 Å². The SMILES string of the molecule is Cn1nnc2c(C(=O)OC3CCC3C(F)(F)F)ncn2c1=O. The number of fused-ring (bicyclic) bond motifs is 1. The van der Waals surface area contributed by atoms with Gasteiger partial charge >= 0.3 is 17.8 Å². The third-order valence-corrected chi connectivity index (χ3v) is 3.58. The van der Waals surface area contributed by atoms with Crippen molar-refractivity contribution in [3.05, 3.63) is 22.5 Å². The highest BCUT2D eigenvalue weighted by molar-refractivity contribution is 5.93. The van der Waals surface area contributed by atoms with E-state index in [9.17, 15) is 22.8 Å². The van der Waals surface area contributed by atoms with Gasteiger partial charge in [-0.25, -0.2) is 19.0 Å². The number of hydrogen-bond acceptors (Lipinski definition) is 6. The summed E-state index contributed by atoms with van der Waals surface area (Å²) in [6, 6.07) is 0. The van der Waals surface area contributed by atoms with Crippen LogP contribution in [-0.2, 0) is 11.8 Å². The number of imidazole rings is 1. The summed E-state index contributed by atoms with van der Waals surface area (Å²) in [5.41, 5.74) is -1.08. The summed E-state index contributed by atoms with van der Waals surface area (Å²) < 4.78 is 44.6. The Morgan fingerprint density at radius 3 is 2.73 bits per heavy atom. The zero-order chi connectivity index (χ0) is 16.1. The number of carbonyl (C=O) groups is 1. The fraction of sp³-hybridized carbons (Fsp3) is 0.545. The average Bonchev–Trinajstić information content (AvgIpc) is 2.81. The number of aryl methyl sites for hydroxylation is 1. The van der Waals surface area contributed by atoms with Gasteiger partial charge < -0.3 is 4.74 Å². The van der Waals surface area contributed by atoms with E-state index in [0.717, 1.165) is 15.4 Å². The summed E-state index contributed by atoms with van der Waals surface area (Å²) in [6.45, 7) is 0. The summed E-state index contributed by atoms with van der Waals surface area (Å²) in [6.07, 6.45) is -4.54. The van der Waals surface area contributed by atoms with Crippen molar-refractivity contribution in [2.24, 2.45) is 13.0 Å². The molecule has 0 radical (unpaired) electrons. The molecule has 118 valence electrons. The van der Waals surface area contributed by atoms with E-state index in [2.05, 4.69) is 15.3 Å². The Morgan fingerprint density at radius 1 is 1.41 bits per heavy atom. The Kier molecular flexibility index (Phi) is 3.15. The zero-order valence-electron chi connectivity index (χ0n) is 11.2. The Hall–Kier alpha value is -2.46. The molecule has 1 fully saturated rings. The monoisotopic (exact) mass is 317 g/mol. The first-order chi connectivity index (χ1) is 10.3. The molecule has 0 bridgehead atoms. The van der Waals surface area contributed by atoms with Gasteiger partial charge in [-0.1, -0.05) is 5.21 Å². The number of alkyl halides is 3. The molecule has 0 aromatic carbocycles. The van der Waals surface area contributed by atoms with Gasteiger partial charge in [0.1, 0.15) is 12.4 Å². The van der Waals surface area contributed by atoms with Gasteiger partial charge in [0, 0.05) is 7.05 Å². The van der Waals surface area contributed by atoms with E-state index < -0.39 is 29.9 Å². The molecule has 2 aromatic heterocycles. The van der Waals surface area contributed by atoms with Gasteiger partial charge in [0.05, 0.1) is 5.92 Å². The maximum atomic E-state index is 12.6. The minimum absolute atomic E-state index is 0.0776. The largest absolute Gasteiger partial charge is 0.457 e. The van der Waals surface area contributed by atoms with E-state index in [0.29, 0.717) is 0 Å².